The highest BCUT2D eigenvalue weighted by Crippen LogP contribution is 2.27. The fourth-order valence-electron chi connectivity index (χ4n) is 2.61. The van der Waals surface area contributed by atoms with Gasteiger partial charge in [-0.2, -0.15) is 0 Å². The zero-order valence-corrected chi connectivity index (χ0v) is 18.2. The van der Waals surface area contributed by atoms with E-state index in [0.717, 1.165) is 36.5 Å². The number of rotatable bonds is 6. The van der Waals surface area contributed by atoms with E-state index in [4.69, 9.17) is 16.3 Å². The molecule has 0 radical (unpaired) electrons. The van der Waals surface area contributed by atoms with E-state index in [2.05, 4.69) is 62.3 Å². The molecule has 0 saturated carbocycles. The number of ether oxygens (including phenoxy) is 1. The number of aryl methyl sites for hydroxylation is 1. The first kappa shape index (κ1) is 19.3. The third-order valence-corrected chi connectivity index (χ3v) is 5.38. The van der Waals surface area contributed by atoms with E-state index in [1.807, 2.05) is 42.5 Å². The van der Waals surface area contributed by atoms with Crippen LogP contribution in [0.4, 0.5) is 5.69 Å². The van der Waals surface area contributed by atoms with Gasteiger partial charge in [0.15, 0.2) is 0 Å². The summed E-state index contributed by atoms with van der Waals surface area (Å²) in [5.41, 5.74) is 4.34. The average molecular weight is 496 g/mol. The molecule has 2 nitrogen and oxygen atoms in total. The van der Waals surface area contributed by atoms with Gasteiger partial charge < -0.3 is 10.1 Å². The Balaban J connectivity index is 1.74. The number of anilines is 1. The van der Waals surface area contributed by atoms with Crippen LogP contribution in [0.25, 0.3) is 0 Å². The van der Waals surface area contributed by atoms with Gasteiger partial charge in [-0.05, 0) is 55.0 Å². The maximum Gasteiger partial charge on any atom is 0.124 e. The molecular formula is C21H18Br2ClNO. The van der Waals surface area contributed by atoms with Crippen molar-refractivity contribution < 1.29 is 4.74 Å². The van der Waals surface area contributed by atoms with Gasteiger partial charge in [0.05, 0.1) is 0 Å². The Morgan fingerprint density at radius 1 is 0.923 bits per heavy atom. The predicted octanol–water partition coefficient (Wildman–Crippen LogP) is 7.36. The summed E-state index contributed by atoms with van der Waals surface area (Å²) in [5.74, 6) is 0.843. The summed E-state index contributed by atoms with van der Waals surface area (Å²) >= 11 is 13.3. The summed E-state index contributed by atoms with van der Waals surface area (Å²) in [5, 5.41) is 4.20. The molecule has 1 N–H and O–H groups in total. The number of halogens is 3. The van der Waals surface area contributed by atoms with Crippen molar-refractivity contribution in [1.29, 1.82) is 0 Å². The van der Waals surface area contributed by atoms with Crippen LogP contribution in [-0.2, 0) is 13.2 Å². The van der Waals surface area contributed by atoms with Crippen LogP contribution in [0, 0.1) is 6.92 Å². The molecule has 0 saturated heterocycles. The summed E-state index contributed by atoms with van der Waals surface area (Å²) in [6, 6.07) is 20.0. The third kappa shape index (κ3) is 5.03. The number of hydrogen-bond acceptors (Lipinski definition) is 2. The molecule has 3 aromatic carbocycles. The van der Waals surface area contributed by atoms with Gasteiger partial charge in [0.1, 0.15) is 12.4 Å². The first-order valence-corrected chi connectivity index (χ1v) is 10.1. The number of benzene rings is 3. The molecule has 134 valence electrons. The minimum absolute atomic E-state index is 0.436. The van der Waals surface area contributed by atoms with Gasteiger partial charge >= 0.3 is 0 Å². The smallest absolute Gasteiger partial charge is 0.124 e. The fourth-order valence-corrected chi connectivity index (χ4v) is 3.69. The second-order valence-electron chi connectivity index (χ2n) is 5.94. The maximum absolute atomic E-state index is 6.22. The van der Waals surface area contributed by atoms with Gasteiger partial charge in [-0.3, -0.25) is 0 Å². The van der Waals surface area contributed by atoms with Crippen LogP contribution in [-0.4, -0.2) is 0 Å². The Kier molecular flexibility index (Phi) is 6.63. The van der Waals surface area contributed by atoms with E-state index in [0.29, 0.717) is 13.2 Å². The molecule has 26 heavy (non-hydrogen) atoms. The van der Waals surface area contributed by atoms with Crippen LogP contribution in [0.2, 0.25) is 5.02 Å². The molecule has 0 aliphatic rings. The first-order valence-electron chi connectivity index (χ1n) is 8.17. The summed E-state index contributed by atoms with van der Waals surface area (Å²) in [4.78, 5) is 0. The van der Waals surface area contributed by atoms with Crippen LogP contribution < -0.4 is 10.1 Å². The Bertz CT molecular complexity index is 914. The topological polar surface area (TPSA) is 21.3 Å². The summed E-state index contributed by atoms with van der Waals surface area (Å²) in [6.45, 7) is 3.19. The molecule has 0 bridgehead atoms. The lowest BCUT2D eigenvalue weighted by Gasteiger charge is -2.15. The molecule has 0 amide bonds. The van der Waals surface area contributed by atoms with E-state index in [1.54, 1.807) is 0 Å². The normalized spacial score (nSPS) is 10.6. The van der Waals surface area contributed by atoms with Crippen LogP contribution in [0.15, 0.2) is 69.6 Å². The Labute approximate surface area is 175 Å². The molecule has 0 aliphatic carbocycles. The van der Waals surface area contributed by atoms with Crippen molar-refractivity contribution in [2.75, 3.05) is 5.32 Å². The molecule has 0 aliphatic heterocycles. The van der Waals surface area contributed by atoms with Gasteiger partial charge in [0.2, 0.25) is 0 Å². The quantitative estimate of drug-likeness (QED) is 0.386. The van der Waals surface area contributed by atoms with E-state index in [-0.39, 0.29) is 0 Å². The minimum atomic E-state index is 0.436. The highest BCUT2D eigenvalue weighted by Gasteiger charge is 2.08. The second-order valence-corrected chi connectivity index (χ2v) is 8.18. The molecule has 0 unspecified atom stereocenters. The largest absolute Gasteiger partial charge is 0.488 e. The number of nitrogens with one attached hydrogen (secondary N) is 1. The molecule has 5 heteroatoms. The van der Waals surface area contributed by atoms with Crippen LogP contribution in [0.3, 0.4) is 0 Å². The van der Waals surface area contributed by atoms with Crippen molar-refractivity contribution in [3.8, 4) is 5.75 Å². The lowest BCUT2D eigenvalue weighted by molar-refractivity contribution is 0.303. The van der Waals surface area contributed by atoms with Crippen molar-refractivity contribution in [2.45, 2.75) is 20.1 Å². The molecule has 0 aromatic heterocycles. The fraction of sp³-hybridized carbons (Fsp3) is 0.143. The summed E-state index contributed by atoms with van der Waals surface area (Å²) in [7, 11) is 0. The summed E-state index contributed by atoms with van der Waals surface area (Å²) < 4.78 is 8.14. The van der Waals surface area contributed by atoms with Gasteiger partial charge in [-0.15, -0.1) is 0 Å². The van der Waals surface area contributed by atoms with Crippen LogP contribution in [0.5, 0.6) is 5.75 Å². The third-order valence-electron chi connectivity index (χ3n) is 4.02. The van der Waals surface area contributed by atoms with Gasteiger partial charge in [0.25, 0.3) is 0 Å². The zero-order valence-electron chi connectivity index (χ0n) is 14.2. The average Bonchev–Trinajstić information content (AvgIpc) is 2.61. The van der Waals surface area contributed by atoms with Crippen LogP contribution in [0.1, 0.15) is 16.7 Å². The molecule has 0 spiro atoms. The van der Waals surface area contributed by atoms with Gasteiger partial charge in [-0.1, -0.05) is 61.7 Å². The highest BCUT2D eigenvalue weighted by atomic mass is 79.9. The van der Waals surface area contributed by atoms with Crippen molar-refractivity contribution >= 4 is 49.1 Å². The van der Waals surface area contributed by atoms with Crippen molar-refractivity contribution in [1.82, 2.24) is 0 Å². The molecule has 3 aromatic rings. The van der Waals surface area contributed by atoms with Crippen molar-refractivity contribution in [2.24, 2.45) is 0 Å². The predicted molar refractivity (Wildman–Crippen MR) is 116 cm³/mol. The number of hydrogen-bond donors (Lipinski definition) is 1. The van der Waals surface area contributed by atoms with Crippen LogP contribution >= 0.6 is 43.5 Å². The molecule has 0 atom stereocenters. The Hall–Kier alpha value is -1.49. The first-order chi connectivity index (χ1) is 12.5. The molecular weight excluding hydrogens is 477 g/mol. The van der Waals surface area contributed by atoms with Crippen molar-refractivity contribution in [3.05, 3.63) is 91.3 Å². The minimum Gasteiger partial charge on any atom is -0.488 e. The SMILES string of the molecule is Cc1cc(Br)ccc1NCc1cc(Br)ccc1OCc1ccccc1Cl. The monoisotopic (exact) mass is 493 g/mol. The lowest BCUT2D eigenvalue weighted by Crippen LogP contribution is -2.05. The van der Waals surface area contributed by atoms with E-state index < -0.39 is 0 Å². The molecule has 3 rings (SSSR count). The lowest BCUT2D eigenvalue weighted by atomic mass is 10.1. The Morgan fingerprint density at radius 3 is 2.42 bits per heavy atom. The second kappa shape index (κ2) is 8.94. The van der Waals surface area contributed by atoms with Crippen molar-refractivity contribution in [3.63, 3.8) is 0 Å². The van der Waals surface area contributed by atoms with E-state index in [1.165, 1.54) is 5.56 Å². The summed E-state index contributed by atoms with van der Waals surface area (Å²) in [6.07, 6.45) is 0. The Morgan fingerprint density at radius 2 is 1.65 bits per heavy atom. The van der Waals surface area contributed by atoms with Gasteiger partial charge in [-0.25, -0.2) is 0 Å². The van der Waals surface area contributed by atoms with E-state index >= 15 is 0 Å². The van der Waals surface area contributed by atoms with E-state index in [9.17, 15) is 0 Å². The maximum atomic E-state index is 6.22. The molecule has 0 fully saturated rings. The highest BCUT2D eigenvalue weighted by molar-refractivity contribution is 9.10. The standard InChI is InChI=1S/C21H18Br2ClNO/c1-14-10-17(22)6-8-20(14)25-12-16-11-18(23)7-9-21(16)26-13-15-4-2-3-5-19(15)24/h2-11,25H,12-13H2,1H3. The zero-order chi connectivity index (χ0) is 18.5. The van der Waals surface area contributed by atoms with Gasteiger partial charge in [0, 0.05) is 37.3 Å². The molecule has 0 heterocycles.